The zero-order valence-corrected chi connectivity index (χ0v) is 6.05. The van der Waals surface area contributed by atoms with E-state index in [4.69, 9.17) is 0 Å². The molecule has 62 valence electrons. The Kier molecular flexibility index (Phi) is 2.66. The molecular formula is C8H5F2NO. The number of benzene rings is 1. The van der Waals surface area contributed by atoms with Crippen molar-refractivity contribution in [3.8, 4) is 0 Å². The Morgan fingerprint density at radius 3 is 2.42 bits per heavy atom. The van der Waals surface area contributed by atoms with Crippen molar-refractivity contribution in [2.75, 3.05) is 0 Å². The normalized spacial score (nSPS) is 9.17. The summed E-state index contributed by atoms with van der Waals surface area (Å²) in [5.41, 5.74) is -0.208. The van der Waals surface area contributed by atoms with Gasteiger partial charge in [-0.2, -0.15) is 0 Å². The van der Waals surface area contributed by atoms with Gasteiger partial charge in [0.15, 0.2) is 0 Å². The first-order valence-corrected chi connectivity index (χ1v) is 3.22. The highest BCUT2D eigenvalue weighted by Gasteiger charge is 2.06. The molecule has 0 unspecified atom stereocenters. The Morgan fingerprint density at radius 1 is 1.33 bits per heavy atom. The fourth-order valence-corrected chi connectivity index (χ4v) is 0.795. The van der Waals surface area contributed by atoms with Crippen LogP contribution in [0.25, 0.3) is 0 Å². The van der Waals surface area contributed by atoms with Gasteiger partial charge in [-0.05, 0) is 12.1 Å². The third-order valence-electron chi connectivity index (χ3n) is 1.36. The molecule has 12 heavy (non-hydrogen) atoms. The van der Waals surface area contributed by atoms with E-state index in [1.165, 1.54) is 12.1 Å². The maximum Gasteiger partial charge on any atom is 0.235 e. The second kappa shape index (κ2) is 3.74. The molecule has 0 amide bonds. The minimum atomic E-state index is -0.700. The molecule has 0 N–H and O–H groups in total. The van der Waals surface area contributed by atoms with E-state index in [9.17, 15) is 13.6 Å². The maximum absolute atomic E-state index is 12.7. The van der Waals surface area contributed by atoms with Crippen molar-refractivity contribution in [2.24, 2.45) is 4.99 Å². The van der Waals surface area contributed by atoms with Gasteiger partial charge in [0, 0.05) is 5.56 Å². The average Bonchev–Trinajstić information content (AvgIpc) is 2.04. The SMILES string of the molecule is O=C=NCc1c(F)cccc1F. The molecule has 0 aliphatic rings. The largest absolute Gasteiger partial charge is 0.235 e. The molecule has 0 heterocycles. The summed E-state index contributed by atoms with van der Waals surface area (Å²) in [6.45, 7) is -0.304. The van der Waals surface area contributed by atoms with Crippen LogP contribution in [-0.4, -0.2) is 6.08 Å². The van der Waals surface area contributed by atoms with E-state index in [2.05, 4.69) is 4.99 Å². The summed E-state index contributed by atoms with van der Waals surface area (Å²) in [5, 5.41) is 0. The highest BCUT2D eigenvalue weighted by atomic mass is 19.1. The Labute approximate surface area is 67.5 Å². The molecule has 0 saturated heterocycles. The number of hydrogen-bond acceptors (Lipinski definition) is 2. The lowest BCUT2D eigenvalue weighted by Gasteiger charge is -1.98. The molecule has 2 nitrogen and oxygen atoms in total. The van der Waals surface area contributed by atoms with E-state index < -0.39 is 11.6 Å². The molecule has 0 aliphatic carbocycles. The minimum Gasteiger partial charge on any atom is -0.211 e. The summed E-state index contributed by atoms with van der Waals surface area (Å²) < 4.78 is 25.5. The molecule has 0 bridgehead atoms. The first kappa shape index (κ1) is 8.56. The third kappa shape index (κ3) is 1.74. The zero-order chi connectivity index (χ0) is 8.97. The Bertz CT molecular complexity index is 312. The lowest BCUT2D eigenvalue weighted by atomic mass is 10.2. The van der Waals surface area contributed by atoms with Crippen LogP contribution in [-0.2, 0) is 11.3 Å². The third-order valence-corrected chi connectivity index (χ3v) is 1.36. The maximum atomic E-state index is 12.7. The van der Waals surface area contributed by atoms with Gasteiger partial charge in [-0.25, -0.2) is 18.6 Å². The van der Waals surface area contributed by atoms with Crippen LogP contribution in [0.2, 0.25) is 0 Å². The van der Waals surface area contributed by atoms with E-state index in [1.54, 1.807) is 0 Å². The number of rotatable bonds is 2. The summed E-state index contributed by atoms with van der Waals surface area (Å²) in [7, 11) is 0. The van der Waals surface area contributed by atoms with Crippen LogP contribution >= 0.6 is 0 Å². The van der Waals surface area contributed by atoms with Gasteiger partial charge in [-0.1, -0.05) is 6.07 Å². The van der Waals surface area contributed by atoms with Crippen LogP contribution in [0.15, 0.2) is 23.2 Å². The van der Waals surface area contributed by atoms with E-state index in [1.807, 2.05) is 0 Å². The summed E-state index contributed by atoms with van der Waals surface area (Å²) in [6.07, 6.45) is 1.21. The van der Waals surface area contributed by atoms with Crippen LogP contribution < -0.4 is 0 Å². The van der Waals surface area contributed by atoms with E-state index in [-0.39, 0.29) is 12.1 Å². The first-order valence-electron chi connectivity index (χ1n) is 3.22. The molecule has 4 heteroatoms. The predicted molar refractivity (Wildman–Crippen MR) is 38.2 cm³/mol. The summed E-state index contributed by atoms with van der Waals surface area (Å²) in [4.78, 5) is 12.7. The van der Waals surface area contributed by atoms with Crippen LogP contribution in [0.3, 0.4) is 0 Å². The van der Waals surface area contributed by atoms with Gasteiger partial charge in [0.2, 0.25) is 6.08 Å². The molecule has 1 aromatic carbocycles. The second-order valence-electron chi connectivity index (χ2n) is 2.11. The summed E-state index contributed by atoms with van der Waals surface area (Å²) in [6, 6.07) is 3.47. The van der Waals surface area contributed by atoms with E-state index in [0.717, 1.165) is 12.1 Å². The minimum absolute atomic E-state index is 0.208. The predicted octanol–water partition coefficient (Wildman–Crippen LogP) is 1.80. The highest BCUT2D eigenvalue weighted by Crippen LogP contribution is 2.12. The van der Waals surface area contributed by atoms with Gasteiger partial charge in [0.1, 0.15) is 11.6 Å². The molecule has 0 aromatic heterocycles. The fraction of sp³-hybridized carbons (Fsp3) is 0.125. The number of hydrogen-bond donors (Lipinski definition) is 0. The molecule has 0 saturated carbocycles. The quantitative estimate of drug-likeness (QED) is 0.490. The molecule has 0 radical (unpaired) electrons. The van der Waals surface area contributed by atoms with Crippen molar-refractivity contribution in [1.82, 2.24) is 0 Å². The van der Waals surface area contributed by atoms with Crippen molar-refractivity contribution in [3.63, 3.8) is 0 Å². The van der Waals surface area contributed by atoms with Crippen LogP contribution in [0.4, 0.5) is 8.78 Å². The van der Waals surface area contributed by atoms with Gasteiger partial charge in [0.25, 0.3) is 0 Å². The Hall–Kier alpha value is -1.54. The van der Waals surface area contributed by atoms with Gasteiger partial charge in [-0.15, -0.1) is 0 Å². The lowest BCUT2D eigenvalue weighted by Crippen LogP contribution is -1.92. The van der Waals surface area contributed by atoms with Gasteiger partial charge >= 0.3 is 0 Å². The Balaban J connectivity index is 3.03. The number of halogens is 2. The molecule has 0 fully saturated rings. The summed E-state index contributed by atoms with van der Waals surface area (Å²) >= 11 is 0. The molecule has 1 rings (SSSR count). The monoisotopic (exact) mass is 169 g/mol. The van der Waals surface area contributed by atoms with Gasteiger partial charge in [0.05, 0.1) is 6.54 Å². The van der Waals surface area contributed by atoms with Crippen molar-refractivity contribution in [3.05, 3.63) is 35.4 Å². The molecular weight excluding hydrogens is 164 g/mol. The fourth-order valence-electron chi connectivity index (χ4n) is 0.795. The zero-order valence-electron chi connectivity index (χ0n) is 6.05. The molecule has 0 atom stereocenters. The topological polar surface area (TPSA) is 29.4 Å². The first-order chi connectivity index (χ1) is 5.75. The van der Waals surface area contributed by atoms with Crippen molar-refractivity contribution in [2.45, 2.75) is 6.54 Å². The lowest BCUT2D eigenvalue weighted by molar-refractivity contribution is 0.550. The molecule has 0 aliphatic heterocycles. The number of aliphatic imine (C=N–C) groups is 1. The van der Waals surface area contributed by atoms with Crippen molar-refractivity contribution >= 4 is 6.08 Å². The van der Waals surface area contributed by atoms with Crippen molar-refractivity contribution < 1.29 is 13.6 Å². The van der Waals surface area contributed by atoms with E-state index in [0.29, 0.717) is 0 Å². The number of nitrogens with zero attached hydrogens (tertiary/aromatic N) is 1. The van der Waals surface area contributed by atoms with Crippen LogP contribution in [0.5, 0.6) is 0 Å². The highest BCUT2D eigenvalue weighted by molar-refractivity contribution is 5.34. The van der Waals surface area contributed by atoms with E-state index >= 15 is 0 Å². The Morgan fingerprint density at radius 2 is 1.92 bits per heavy atom. The molecule has 0 spiro atoms. The van der Waals surface area contributed by atoms with Gasteiger partial charge in [-0.3, -0.25) is 0 Å². The van der Waals surface area contributed by atoms with Crippen LogP contribution in [0.1, 0.15) is 5.56 Å². The standard InChI is InChI=1S/C8H5F2NO/c9-7-2-1-3-8(10)6(7)4-11-5-12/h1-3H,4H2. The average molecular weight is 169 g/mol. The van der Waals surface area contributed by atoms with Crippen LogP contribution in [0, 0.1) is 11.6 Å². The number of isocyanates is 1. The second-order valence-corrected chi connectivity index (χ2v) is 2.11. The smallest absolute Gasteiger partial charge is 0.211 e. The van der Waals surface area contributed by atoms with Crippen molar-refractivity contribution in [1.29, 1.82) is 0 Å². The molecule has 1 aromatic rings. The van der Waals surface area contributed by atoms with Gasteiger partial charge < -0.3 is 0 Å². The summed E-state index contributed by atoms with van der Waals surface area (Å²) in [5.74, 6) is -1.40. The number of carbonyl (C=O) groups excluding carboxylic acids is 1.